The number of H-pyrrole nitrogens is 1. The molecule has 1 N–H and O–H groups in total. The maximum atomic E-state index is 5.40. The Morgan fingerprint density at radius 3 is 2.72 bits per heavy atom. The average Bonchev–Trinajstić information content (AvgIpc) is 2.85. The van der Waals surface area contributed by atoms with Crippen LogP contribution in [0.1, 0.15) is 39.4 Å². The minimum absolute atomic E-state index is 0.0801. The molecule has 0 aliphatic rings. The Labute approximate surface area is 113 Å². The first-order chi connectivity index (χ1) is 8.39. The molecule has 98 valence electrons. The molecule has 0 amide bonds. The molecule has 0 aromatic carbocycles. The SMILES string of the molecule is CC(Cn1ccnc1)n1c(C(C)(C)C)c[nH]c1=S. The molecule has 5 heteroatoms. The number of hydrogen-bond donors (Lipinski definition) is 1. The van der Waals surface area contributed by atoms with Gasteiger partial charge in [-0.3, -0.25) is 0 Å². The second-order valence-electron chi connectivity index (χ2n) is 5.71. The molecule has 2 heterocycles. The maximum absolute atomic E-state index is 5.40. The van der Waals surface area contributed by atoms with Gasteiger partial charge in [0.15, 0.2) is 4.77 Å². The van der Waals surface area contributed by atoms with Crippen molar-refractivity contribution in [3.63, 3.8) is 0 Å². The smallest absolute Gasteiger partial charge is 0.177 e. The highest BCUT2D eigenvalue weighted by Crippen LogP contribution is 2.25. The molecule has 18 heavy (non-hydrogen) atoms. The van der Waals surface area contributed by atoms with Crippen LogP contribution in [0.2, 0.25) is 0 Å². The third-order valence-corrected chi connectivity index (χ3v) is 3.37. The highest BCUT2D eigenvalue weighted by atomic mass is 32.1. The fraction of sp³-hybridized carbons (Fsp3) is 0.538. The highest BCUT2D eigenvalue weighted by molar-refractivity contribution is 7.71. The summed E-state index contributed by atoms with van der Waals surface area (Å²) >= 11 is 5.40. The molecule has 2 aromatic heterocycles. The molecule has 4 nitrogen and oxygen atoms in total. The number of hydrogen-bond acceptors (Lipinski definition) is 2. The third kappa shape index (κ3) is 2.56. The largest absolute Gasteiger partial charge is 0.337 e. The summed E-state index contributed by atoms with van der Waals surface area (Å²) in [6, 6.07) is 0.298. The molecule has 2 aromatic rings. The van der Waals surface area contributed by atoms with Crippen LogP contribution in [0.5, 0.6) is 0 Å². The van der Waals surface area contributed by atoms with Gasteiger partial charge in [-0.25, -0.2) is 4.98 Å². The van der Waals surface area contributed by atoms with E-state index in [-0.39, 0.29) is 5.41 Å². The average molecular weight is 264 g/mol. The van der Waals surface area contributed by atoms with Crippen molar-refractivity contribution in [2.75, 3.05) is 0 Å². The van der Waals surface area contributed by atoms with Crippen LogP contribution in [0, 0.1) is 4.77 Å². The summed E-state index contributed by atoms with van der Waals surface area (Å²) in [5.41, 5.74) is 1.32. The Kier molecular flexibility index (Phi) is 3.43. The lowest BCUT2D eigenvalue weighted by molar-refractivity contribution is 0.416. The zero-order valence-electron chi connectivity index (χ0n) is 11.3. The molecule has 0 fully saturated rings. The number of nitrogens with one attached hydrogen (secondary N) is 1. The summed E-state index contributed by atoms with van der Waals surface area (Å²) in [6.07, 6.45) is 7.63. The Hall–Kier alpha value is -1.36. The Morgan fingerprint density at radius 2 is 2.17 bits per heavy atom. The van der Waals surface area contributed by atoms with Crippen molar-refractivity contribution in [2.24, 2.45) is 0 Å². The maximum Gasteiger partial charge on any atom is 0.177 e. The molecule has 0 radical (unpaired) electrons. The van der Waals surface area contributed by atoms with E-state index < -0.39 is 0 Å². The van der Waals surface area contributed by atoms with Crippen molar-refractivity contribution < 1.29 is 0 Å². The van der Waals surface area contributed by atoms with E-state index in [1.54, 1.807) is 6.20 Å². The van der Waals surface area contributed by atoms with Crippen molar-refractivity contribution in [2.45, 2.75) is 45.7 Å². The van der Waals surface area contributed by atoms with Gasteiger partial charge in [-0.15, -0.1) is 0 Å². The van der Waals surface area contributed by atoms with Gasteiger partial charge in [0, 0.05) is 36.2 Å². The number of aromatic nitrogens is 4. The number of aromatic amines is 1. The van der Waals surface area contributed by atoms with Gasteiger partial charge in [0.1, 0.15) is 0 Å². The van der Waals surface area contributed by atoms with Gasteiger partial charge >= 0.3 is 0 Å². The van der Waals surface area contributed by atoms with E-state index in [2.05, 4.69) is 46.8 Å². The van der Waals surface area contributed by atoms with E-state index in [0.29, 0.717) is 6.04 Å². The molecular weight excluding hydrogens is 244 g/mol. The second-order valence-corrected chi connectivity index (χ2v) is 6.09. The van der Waals surface area contributed by atoms with Crippen molar-refractivity contribution in [1.82, 2.24) is 19.1 Å². The van der Waals surface area contributed by atoms with E-state index in [0.717, 1.165) is 11.3 Å². The molecule has 0 spiro atoms. The van der Waals surface area contributed by atoms with Gasteiger partial charge in [0.2, 0.25) is 0 Å². The van der Waals surface area contributed by atoms with E-state index in [4.69, 9.17) is 12.2 Å². The van der Waals surface area contributed by atoms with E-state index in [1.165, 1.54) is 5.69 Å². The topological polar surface area (TPSA) is 38.5 Å². The van der Waals surface area contributed by atoms with E-state index >= 15 is 0 Å². The van der Waals surface area contributed by atoms with Crippen LogP contribution in [-0.4, -0.2) is 19.1 Å². The van der Waals surface area contributed by atoms with Gasteiger partial charge in [0.25, 0.3) is 0 Å². The van der Waals surface area contributed by atoms with Crippen molar-refractivity contribution in [3.05, 3.63) is 35.4 Å². The van der Waals surface area contributed by atoms with Gasteiger partial charge in [-0.1, -0.05) is 20.8 Å². The van der Waals surface area contributed by atoms with Crippen molar-refractivity contribution in [1.29, 1.82) is 0 Å². The van der Waals surface area contributed by atoms with Crippen molar-refractivity contribution in [3.8, 4) is 0 Å². The van der Waals surface area contributed by atoms with Gasteiger partial charge < -0.3 is 14.1 Å². The van der Waals surface area contributed by atoms with Crippen molar-refractivity contribution >= 4 is 12.2 Å². The highest BCUT2D eigenvalue weighted by Gasteiger charge is 2.21. The summed E-state index contributed by atoms with van der Waals surface area (Å²) in [6.45, 7) is 9.65. The molecule has 0 aliphatic carbocycles. The summed E-state index contributed by atoms with van der Waals surface area (Å²) in [5.74, 6) is 0. The van der Waals surface area contributed by atoms with Crippen LogP contribution >= 0.6 is 12.2 Å². The molecule has 0 bridgehead atoms. The Bertz CT molecular complexity index is 557. The summed E-state index contributed by atoms with van der Waals surface area (Å²) < 4.78 is 5.06. The molecule has 2 rings (SSSR count). The fourth-order valence-corrected chi connectivity index (χ4v) is 2.51. The number of rotatable bonds is 3. The lowest BCUT2D eigenvalue weighted by Crippen LogP contribution is -2.22. The zero-order valence-corrected chi connectivity index (χ0v) is 12.2. The normalized spacial score (nSPS) is 13.8. The van der Waals surface area contributed by atoms with Crippen LogP contribution in [0.4, 0.5) is 0 Å². The first-order valence-electron chi connectivity index (χ1n) is 6.15. The van der Waals surface area contributed by atoms with E-state index in [1.807, 2.05) is 18.7 Å². The van der Waals surface area contributed by atoms with Crippen LogP contribution in [-0.2, 0) is 12.0 Å². The van der Waals surface area contributed by atoms with Crippen LogP contribution in [0.25, 0.3) is 0 Å². The molecular formula is C13H20N4S. The Balaban J connectivity index is 2.33. The van der Waals surface area contributed by atoms with Gasteiger partial charge in [-0.05, 0) is 19.1 Å². The zero-order chi connectivity index (χ0) is 13.3. The first-order valence-corrected chi connectivity index (χ1v) is 6.56. The fourth-order valence-electron chi connectivity index (χ4n) is 2.18. The minimum atomic E-state index is 0.0801. The van der Waals surface area contributed by atoms with E-state index in [9.17, 15) is 0 Å². The predicted molar refractivity (Wildman–Crippen MR) is 75.3 cm³/mol. The van der Waals surface area contributed by atoms with Crippen LogP contribution in [0.3, 0.4) is 0 Å². The summed E-state index contributed by atoms with van der Waals surface area (Å²) in [5, 5.41) is 0. The molecule has 0 aliphatic heterocycles. The number of imidazole rings is 2. The predicted octanol–water partition coefficient (Wildman–Crippen LogP) is 3.30. The summed E-state index contributed by atoms with van der Waals surface area (Å²) in [7, 11) is 0. The Morgan fingerprint density at radius 1 is 1.44 bits per heavy atom. The molecule has 1 unspecified atom stereocenters. The minimum Gasteiger partial charge on any atom is -0.337 e. The van der Waals surface area contributed by atoms with Crippen LogP contribution in [0.15, 0.2) is 24.9 Å². The quantitative estimate of drug-likeness (QED) is 0.864. The van der Waals surface area contributed by atoms with Crippen LogP contribution < -0.4 is 0 Å². The molecule has 1 atom stereocenters. The molecule has 0 saturated carbocycles. The third-order valence-electron chi connectivity index (χ3n) is 3.05. The second kappa shape index (κ2) is 4.72. The molecule has 0 saturated heterocycles. The monoisotopic (exact) mass is 264 g/mol. The van der Waals surface area contributed by atoms with Gasteiger partial charge in [-0.2, -0.15) is 0 Å². The summed E-state index contributed by atoms with van der Waals surface area (Å²) in [4.78, 5) is 7.23. The lowest BCUT2D eigenvalue weighted by Gasteiger charge is -2.24. The lowest BCUT2D eigenvalue weighted by atomic mass is 9.92. The number of nitrogens with zero attached hydrogens (tertiary/aromatic N) is 3. The standard InChI is InChI=1S/C13H20N4S/c1-10(8-16-6-5-14-9-16)17-11(13(2,3)4)7-15-12(17)18/h5-7,9-10H,8H2,1-4H3,(H,15,18). The first kappa shape index (κ1) is 13.1. The van der Waals surface area contributed by atoms with Gasteiger partial charge in [0.05, 0.1) is 12.4 Å².